The molecule has 1 heterocycles. The minimum Gasteiger partial charge on any atom is -0.468 e. The third kappa shape index (κ3) is 4.94. The molecule has 1 aromatic heterocycles. The zero-order chi connectivity index (χ0) is 17.7. The Kier molecular flexibility index (Phi) is 5.38. The summed E-state index contributed by atoms with van der Waals surface area (Å²) in [7, 11) is 1.49. The third-order valence-corrected chi connectivity index (χ3v) is 3.08. The summed E-state index contributed by atoms with van der Waals surface area (Å²) in [5.41, 5.74) is 0.514. The molecule has 2 rings (SSSR count). The van der Waals surface area contributed by atoms with Crippen molar-refractivity contribution in [2.45, 2.75) is 12.7 Å². The lowest BCUT2D eigenvalue weighted by Crippen LogP contribution is -2.26. The summed E-state index contributed by atoms with van der Waals surface area (Å²) in [6.45, 7) is -1.40. The smallest absolute Gasteiger partial charge is 0.422 e. The maximum atomic E-state index is 13.6. The molecule has 0 N–H and O–H groups in total. The lowest BCUT2D eigenvalue weighted by Gasteiger charge is -2.17. The van der Waals surface area contributed by atoms with E-state index in [0.717, 1.165) is 6.20 Å². The van der Waals surface area contributed by atoms with Gasteiger partial charge in [-0.25, -0.2) is 9.37 Å². The second kappa shape index (κ2) is 7.29. The molecule has 0 radical (unpaired) electrons. The van der Waals surface area contributed by atoms with Gasteiger partial charge in [-0.3, -0.25) is 4.79 Å². The highest BCUT2D eigenvalue weighted by Crippen LogP contribution is 2.17. The van der Waals surface area contributed by atoms with Gasteiger partial charge in [0.25, 0.3) is 5.91 Å². The third-order valence-electron chi connectivity index (χ3n) is 3.08. The molecule has 128 valence electrons. The summed E-state index contributed by atoms with van der Waals surface area (Å²) in [5.74, 6) is -1.10. The fourth-order valence-corrected chi connectivity index (χ4v) is 1.92. The van der Waals surface area contributed by atoms with Crippen LogP contribution in [0.4, 0.5) is 17.6 Å². The van der Waals surface area contributed by atoms with Crippen LogP contribution >= 0.6 is 0 Å². The van der Waals surface area contributed by atoms with Crippen LogP contribution < -0.4 is 4.74 Å². The number of ether oxygens (including phenoxy) is 1. The Labute approximate surface area is 135 Å². The number of alkyl halides is 3. The van der Waals surface area contributed by atoms with Crippen molar-refractivity contribution in [3.05, 3.63) is 59.5 Å². The van der Waals surface area contributed by atoms with Gasteiger partial charge >= 0.3 is 6.18 Å². The van der Waals surface area contributed by atoms with Gasteiger partial charge in [-0.05, 0) is 12.1 Å². The molecular formula is C16H14F4N2O2. The van der Waals surface area contributed by atoms with Crippen molar-refractivity contribution in [2.75, 3.05) is 13.7 Å². The predicted molar refractivity (Wildman–Crippen MR) is 78.0 cm³/mol. The molecule has 1 amide bonds. The van der Waals surface area contributed by atoms with Gasteiger partial charge in [0.2, 0.25) is 5.88 Å². The number of rotatable bonds is 5. The Morgan fingerprint density at radius 3 is 2.50 bits per heavy atom. The van der Waals surface area contributed by atoms with E-state index in [0.29, 0.717) is 5.56 Å². The zero-order valence-electron chi connectivity index (χ0n) is 12.7. The summed E-state index contributed by atoms with van der Waals surface area (Å²) in [5, 5.41) is 0. The second-order valence-electron chi connectivity index (χ2n) is 5.04. The average molecular weight is 342 g/mol. The molecule has 1 aromatic carbocycles. The quantitative estimate of drug-likeness (QED) is 0.782. The van der Waals surface area contributed by atoms with E-state index < -0.39 is 24.5 Å². The Bertz CT molecular complexity index is 702. The van der Waals surface area contributed by atoms with Crippen molar-refractivity contribution in [3.8, 4) is 5.88 Å². The number of hydrogen-bond donors (Lipinski definition) is 0. The number of benzene rings is 1. The summed E-state index contributed by atoms with van der Waals surface area (Å²) < 4.78 is 54.2. The van der Waals surface area contributed by atoms with Crippen LogP contribution in [-0.4, -0.2) is 35.6 Å². The van der Waals surface area contributed by atoms with Gasteiger partial charge in [-0.2, -0.15) is 13.2 Å². The minimum atomic E-state index is -4.46. The second-order valence-corrected chi connectivity index (χ2v) is 5.04. The molecule has 0 aliphatic heterocycles. The van der Waals surface area contributed by atoms with Gasteiger partial charge in [0.1, 0.15) is 5.82 Å². The molecule has 24 heavy (non-hydrogen) atoms. The fraction of sp³-hybridized carbons (Fsp3) is 0.250. The molecule has 0 aliphatic carbocycles. The van der Waals surface area contributed by atoms with Crippen LogP contribution in [0.1, 0.15) is 15.9 Å². The van der Waals surface area contributed by atoms with Gasteiger partial charge in [-0.1, -0.05) is 18.2 Å². The van der Waals surface area contributed by atoms with Crippen molar-refractivity contribution in [2.24, 2.45) is 0 Å². The summed E-state index contributed by atoms with van der Waals surface area (Å²) in [6, 6.07) is 8.54. The normalized spacial score (nSPS) is 11.2. The monoisotopic (exact) mass is 342 g/mol. The van der Waals surface area contributed by atoms with Gasteiger partial charge < -0.3 is 9.64 Å². The van der Waals surface area contributed by atoms with Crippen LogP contribution in [-0.2, 0) is 6.54 Å². The number of nitrogens with zero attached hydrogens (tertiary/aromatic N) is 2. The molecule has 2 aromatic rings. The highest BCUT2D eigenvalue weighted by Gasteiger charge is 2.28. The Morgan fingerprint density at radius 1 is 1.21 bits per heavy atom. The van der Waals surface area contributed by atoms with E-state index in [2.05, 4.69) is 9.72 Å². The molecular weight excluding hydrogens is 328 g/mol. The zero-order valence-corrected chi connectivity index (χ0v) is 12.7. The number of halogens is 4. The summed E-state index contributed by atoms with van der Waals surface area (Å²) in [4.78, 5) is 17.2. The van der Waals surface area contributed by atoms with E-state index in [1.165, 1.54) is 30.1 Å². The first-order valence-electron chi connectivity index (χ1n) is 6.91. The van der Waals surface area contributed by atoms with E-state index in [1.54, 1.807) is 18.2 Å². The van der Waals surface area contributed by atoms with E-state index in [-0.39, 0.29) is 18.0 Å². The van der Waals surface area contributed by atoms with Crippen molar-refractivity contribution in [1.29, 1.82) is 0 Å². The lowest BCUT2D eigenvalue weighted by atomic mass is 10.2. The predicted octanol–water partition coefficient (Wildman–Crippen LogP) is 3.43. The van der Waals surface area contributed by atoms with E-state index >= 15 is 0 Å². The molecule has 0 fully saturated rings. The Hall–Kier alpha value is -2.64. The van der Waals surface area contributed by atoms with Crippen LogP contribution in [0.15, 0.2) is 42.6 Å². The molecule has 0 bridgehead atoms. The van der Waals surface area contributed by atoms with Gasteiger partial charge in [-0.15, -0.1) is 0 Å². The minimum absolute atomic E-state index is 0.0534. The van der Waals surface area contributed by atoms with Gasteiger partial charge in [0, 0.05) is 31.4 Å². The lowest BCUT2D eigenvalue weighted by molar-refractivity contribution is -0.154. The maximum Gasteiger partial charge on any atom is 0.422 e. The first-order valence-corrected chi connectivity index (χ1v) is 6.91. The largest absolute Gasteiger partial charge is 0.468 e. The van der Waals surface area contributed by atoms with Crippen molar-refractivity contribution < 1.29 is 27.1 Å². The highest BCUT2D eigenvalue weighted by molar-refractivity contribution is 5.93. The number of hydrogen-bond acceptors (Lipinski definition) is 3. The number of aromatic nitrogens is 1. The molecule has 0 saturated heterocycles. The molecule has 0 saturated carbocycles. The molecule has 0 atom stereocenters. The molecule has 8 heteroatoms. The molecule has 0 spiro atoms. The topological polar surface area (TPSA) is 42.4 Å². The highest BCUT2D eigenvalue weighted by atomic mass is 19.4. The van der Waals surface area contributed by atoms with Crippen LogP contribution in [0, 0.1) is 5.82 Å². The molecule has 4 nitrogen and oxygen atoms in total. The van der Waals surface area contributed by atoms with E-state index in [4.69, 9.17) is 0 Å². The average Bonchev–Trinajstić information content (AvgIpc) is 2.54. The first-order chi connectivity index (χ1) is 11.3. The van der Waals surface area contributed by atoms with Crippen LogP contribution in [0.5, 0.6) is 5.88 Å². The fourth-order valence-electron chi connectivity index (χ4n) is 1.92. The van der Waals surface area contributed by atoms with Crippen molar-refractivity contribution in [1.82, 2.24) is 9.88 Å². The van der Waals surface area contributed by atoms with Crippen molar-refractivity contribution in [3.63, 3.8) is 0 Å². The van der Waals surface area contributed by atoms with Crippen LogP contribution in [0.25, 0.3) is 0 Å². The van der Waals surface area contributed by atoms with Crippen LogP contribution in [0.3, 0.4) is 0 Å². The maximum absolute atomic E-state index is 13.6. The van der Waals surface area contributed by atoms with Crippen LogP contribution in [0.2, 0.25) is 0 Å². The first kappa shape index (κ1) is 17.7. The SMILES string of the molecule is CN(Cc1ccccc1F)C(=O)c1ccc(OCC(F)(F)F)nc1. The summed E-state index contributed by atoms with van der Waals surface area (Å²) >= 11 is 0. The number of carbonyl (C=O) groups is 1. The number of carbonyl (C=O) groups excluding carboxylic acids is 1. The standard InChI is InChI=1S/C16H14F4N2O2/c1-22(9-12-4-2-3-5-13(12)17)15(23)11-6-7-14(21-8-11)24-10-16(18,19)20/h2-8H,9-10H2,1H3. The van der Waals surface area contributed by atoms with E-state index in [9.17, 15) is 22.4 Å². The Balaban J connectivity index is 2.00. The molecule has 0 aliphatic rings. The Morgan fingerprint density at radius 2 is 1.92 bits per heavy atom. The molecule has 0 unspecified atom stereocenters. The van der Waals surface area contributed by atoms with Gasteiger partial charge in [0.15, 0.2) is 6.61 Å². The van der Waals surface area contributed by atoms with E-state index in [1.807, 2.05) is 0 Å². The number of amides is 1. The van der Waals surface area contributed by atoms with Crippen molar-refractivity contribution >= 4 is 5.91 Å². The summed E-state index contributed by atoms with van der Waals surface area (Å²) in [6.07, 6.45) is -3.35. The number of pyridine rings is 1. The van der Waals surface area contributed by atoms with Gasteiger partial charge in [0.05, 0.1) is 5.56 Å².